The molecule has 2 aromatic carbocycles. The number of benzene rings is 2. The SMILES string of the molecule is COc1ccc2c(CNCc3cccnc3)c(C(=O)O)n(Cc3ccccc3C)c2c1. The highest BCUT2D eigenvalue weighted by Crippen LogP contribution is 2.31. The first-order chi connectivity index (χ1) is 15.1. The van der Waals surface area contributed by atoms with Gasteiger partial charge in [-0.2, -0.15) is 0 Å². The van der Waals surface area contributed by atoms with Gasteiger partial charge in [0.25, 0.3) is 0 Å². The second-order valence-electron chi connectivity index (χ2n) is 7.49. The van der Waals surface area contributed by atoms with Crippen molar-refractivity contribution in [2.45, 2.75) is 26.6 Å². The van der Waals surface area contributed by atoms with Gasteiger partial charge in [0.15, 0.2) is 0 Å². The molecule has 0 saturated heterocycles. The van der Waals surface area contributed by atoms with E-state index >= 15 is 0 Å². The molecule has 0 atom stereocenters. The van der Waals surface area contributed by atoms with Gasteiger partial charge in [-0.15, -0.1) is 0 Å². The highest BCUT2D eigenvalue weighted by molar-refractivity contribution is 5.98. The van der Waals surface area contributed by atoms with Crippen molar-refractivity contribution in [3.05, 3.63) is 94.9 Å². The predicted molar refractivity (Wildman–Crippen MR) is 121 cm³/mol. The molecular formula is C25H25N3O3. The van der Waals surface area contributed by atoms with E-state index < -0.39 is 5.97 Å². The predicted octanol–water partition coefficient (Wildman–Crippen LogP) is 4.39. The number of carboxylic acids is 1. The molecule has 2 aromatic heterocycles. The molecule has 0 spiro atoms. The molecule has 0 fully saturated rings. The maximum atomic E-state index is 12.4. The molecule has 0 aliphatic carbocycles. The fraction of sp³-hybridized carbons (Fsp3) is 0.200. The molecule has 4 rings (SSSR count). The highest BCUT2D eigenvalue weighted by Gasteiger charge is 2.23. The van der Waals surface area contributed by atoms with Gasteiger partial charge in [-0.05, 0) is 41.8 Å². The van der Waals surface area contributed by atoms with E-state index in [0.29, 0.717) is 31.1 Å². The molecule has 4 aromatic rings. The maximum Gasteiger partial charge on any atom is 0.352 e. The molecule has 0 saturated carbocycles. The summed E-state index contributed by atoms with van der Waals surface area (Å²) in [5, 5.41) is 14.4. The van der Waals surface area contributed by atoms with E-state index in [9.17, 15) is 9.90 Å². The summed E-state index contributed by atoms with van der Waals surface area (Å²) in [4.78, 5) is 16.5. The van der Waals surface area contributed by atoms with Gasteiger partial charge in [0, 0.05) is 49.0 Å². The van der Waals surface area contributed by atoms with Gasteiger partial charge >= 0.3 is 5.97 Å². The number of aromatic nitrogens is 2. The van der Waals surface area contributed by atoms with E-state index in [1.165, 1.54) is 0 Å². The van der Waals surface area contributed by atoms with Crippen molar-refractivity contribution in [1.82, 2.24) is 14.9 Å². The molecule has 31 heavy (non-hydrogen) atoms. The minimum atomic E-state index is -0.943. The number of methoxy groups -OCH3 is 1. The number of aryl methyl sites for hydroxylation is 1. The summed E-state index contributed by atoms with van der Waals surface area (Å²) in [5.74, 6) is -0.246. The van der Waals surface area contributed by atoms with E-state index in [4.69, 9.17) is 4.74 Å². The summed E-state index contributed by atoms with van der Waals surface area (Å²) >= 11 is 0. The standard InChI is InChI=1S/C25H25N3O3/c1-17-6-3-4-8-19(17)16-28-23-12-20(31-2)9-10-21(23)22(24(28)25(29)30)15-27-14-18-7-5-11-26-13-18/h3-13,27H,14-16H2,1-2H3,(H,29,30). The summed E-state index contributed by atoms with van der Waals surface area (Å²) < 4.78 is 7.30. The van der Waals surface area contributed by atoms with E-state index in [1.54, 1.807) is 19.5 Å². The average Bonchev–Trinajstić information content (AvgIpc) is 3.09. The number of nitrogens with zero attached hydrogens (tertiary/aromatic N) is 2. The van der Waals surface area contributed by atoms with Crippen molar-refractivity contribution in [2.75, 3.05) is 7.11 Å². The summed E-state index contributed by atoms with van der Waals surface area (Å²) in [5.41, 5.74) is 5.16. The molecule has 0 aliphatic rings. The van der Waals surface area contributed by atoms with Gasteiger partial charge < -0.3 is 19.7 Å². The molecule has 0 amide bonds. The number of fused-ring (bicyclic) bond motifs is 1. The molecule has 2 N–H and O–H groups in total. The van der Waals surface area contributed by atoms with E-state index in [1.807, 2.05) is 66.1 Å². The number of ether oxygens (including phenoxy) is 1. The number of hydrogen-bond donors (Lipinski definition) is 2. The number of aromatic carboxylic acids is 1. The van der Waals surface area contributed by atoms with Gasteiger partial charge in [0.1, 0.15) is 11.4 Å². The van der Waals surface area contributed by atoms with Crippen LogP contribution in [0.25, 0.3) is 10.9 Å². The van der Waals surface area contributed by atoms with E-state index in [0.717, 1.165) is 33.2 Å². The third-order valence-corrected chi connectivity index (χ3v) is 5.52. The summed E-state index contributed by atoms with van der Waals surface area (Å²) in [6.45, 7) is 3.55. The number of carbonyl (C=O) groups is 1. The van der Waals surface area contributed by atoms with Crippen molar-refractivity contribution >= 4 is 16.9 Å². The van der Waals surface area contributed by atoms with Crippen LogP contribution in [0.5, 0.6) is 5.75 Å². The number of hydrogen-bond acceptors (Lipinski definition) is 4. The van der Waals surface area contributed by atoms with Crippen molar-refractivity contribution in [1.29, 1.82) is 0 Å². The zero-order valence-corrected chi connectivity index (χ0v) is 17.6. The van der Waals surface area contributed by atoms with Crippen LogP contribution in [0.2, 0.25) is 0 Å². The zero-order valence-electron chi connectivity index (χ0n) is 17.6. The Morgan fingerprint density at radius 1 is 1.13 bits per heavy atom. The fourth-order valence-electron chi connectivity index (χ4n) is 3.91. The lowest BCUT2D eigenvalue weighted by atomic mass is 10.1. The van der Waals surface area contributed by atoms with Gasteiger partial charge in [-0.25, -0.2) is 4.79 Å². The third kappa shape index (κ3) is 4.29. The Morgan fingerprint density at radius 2 is 1.97 bits per heavy atom. The summed E-state index contributed by atoms with van der Waals surface area (Å²) in [6.07, 6.45) is 3.54. The van der Waals surface area contributed by atoms with E-state index in [-0.39, 0.29) is 0 Å². The van der Waals surface area contributed by atoms with Crippen LogP contribution in [0, 0.1) is 6.92 Å². The Labute approximate surface area is 181 Å². The van der Waals surface area contributed by atoms with Crippen molar-refractivity contribution in [2.24, 2.45) is 0 Å². The van der Waals surface area contributed by atoms with Crippen molar-refractivity contribution < 1.29 is 14.6 Å². The quantitative estimate of drug-likeness (QED) is 0.446. The van der Waals surface area contributed by atoms with Crippen LogP contribution in [0.3, 0.4) is 0 Å². The lowest BCUT2D eigenvalue weighted by Crippen LogP contribution is -2.17. The summed E-state index contributed by atoms with van der Waals surface area (Å²) in [7, 11) is 1.62. The van der Waals surface area contributed by atoms with Crippen LogP contribution >= 0.6 is 0 Å². The van der Waals surface area contributed by atoms with Gasteiger partial charge in [-0.1, -0.05) is 30.3 Å². The molecule has 2 heterocycles. The minimum Gasteiger partial charge on any atom is -0.497 e. The molecule has 0 aliphatic heterocycles. The van der Waals surface area contributed by atoms with Crippen molar-refractivity contribution in [3.8, 4) is 5.75 Å². The smallest absolute Gasteiger partial charge is 0.352 e. The number of nitrogens with one attached hydrogen (secondary N) is 1. The van der Waals surface area contributed by atoms with Crippen molar-refractivity contribution in [3.63, 3.8) is 0 Å². The Kier molecular flexibility index (Phi) is 6.00. The minimum absolute atomic E-state index is 0.296. The number of rotatable bonds is 8. The molecule has 0 unspecified atom stereocenters. The Morgan fingerprint density at radius 3 is 2.68 bits per heavy atom. The lowest BCUT2D eigenvalue weighted by molar-refractivity contribution is 0.0684. The molecular weight excluding hydrogens is 390 g/mol. The summed E-state index contributed by atoms with van der Waals surface area (Å²) in [6, 6.07) is 17.6. The van der Waals surface area contributed by atoms with Crippen LogP contribution in [0.4, 0.5) is 0 Å². The largest absolute Gasteiger partial charge is 0.497 e. The van der Waals surface area contributed by atoms with Crippen LogP contribution in [-0.2, 0) is 19.6 Å². The first kappa shape index (κ1) is 20.6. The first-order valence-corrected chi connectivity index (χ1v) is 10.1. The maximum absolute atomic E-state index is 12.4. The van der Waals surface area contributed by atoms with Gasteiger partial charge in [0.2, 0.25) is 0 Å². The Bertz CT molecular complexity index is 1220. The number of carboxylic acid groups (broad SMARTS) is 1. The van der Waals surface area contributed by atoms with Gasteiger partial charge in [0.05, 0.1) is 12.6 Å². The van der Waals surface area contributed by atoms with Gasteiger partial charge in [-0.3, -0.25) is 4.98 Å². The fourth-order valence-corrected chi connectivity index (χ4v) is 3.91. The normalized spacial score (nSPS) is 11.0. The van der Waals surface area contributed by atoms with Crippen LogP contribution in [0.1, 0.15) is 32.7 Å². The zero-order chi connectivity index (χ0) is 21.8. The number of pyridine rings is 1. The molecule has 0 bridgehead atoms. The molecule has 158 valence electrons. The topological polar surface area (TPSA) is 76.4 Å². The van der Waals surface area contributed by atoms with Crippen LogP contribution in [-0.4, -0.2) is 27.7 Å². The third-order valence-electron chi connectivity index (χ3n) is 5.52. The second-order valence-corrected chi connectivity index (χ2v) is 7.49. The molecule has 0 radical (unpaired) electrons. The first-order valence-electron chi connectivity index (χ1n) is 10.1. The Hall–Kier alpha value is -3.64. The second kappa shape index (κ2) is 9.02. The average molecular weight is 415 g/mol. The lowest BCUT2D eigenvalue weighted by Gasteiger charge is -2.12. The van der Waals surface area contributed by atoms with Crippen LogP contribution in [0.15, 0.2) is 67.0 Å². The van der Waals surface area contributed by atoms with Crippen LogP contribution < -0.4 is 10.1 Å². The van der Waals surface area contributed by atoms with E-state index in [2.05, 4.69) is 10.3 Å². The highest BCUT2D eigenvalue weighted by atomic mass is 16.5. The molecule has 6 heteroatoms. The molecule has 6 nitrogen and oxygen atoms in total. The monoisotopic (exact) mass is 415 g/mol. The Balaban J connectivity index is 1.78.